The van der Waals surface area contributed by atoms with Gasteiger partial charge in [0.2, 0.25) is 0 Å². The Morgan fingerprint density at radius 2 is 1.42 bits per heavy atom. The zero-order valence-corrected chi connectivity index (χ0v) is 48.7. The van der Waals surface area contributed by atoms with Crippen LogP contribution in [0.4, 0.5) is 0 Å². The van der Waals surface area contributed by atoms with Crippen molar-refractivity contribution >= 4 is 44.9 Å². The van der Waals surface area contributed by atoms with E-state index in [1.807, 2.05) is 39.0 Å². The minimum absolute atomic E-state index is 0. The molecule has 0 saturated heterocycles. The van der Waals surface area contributed by atoms with Crippen LogP contribution in [0.25, 0.3) is 51.6 Å². The van der Waals surface area contributed by atoms with Crippen molar-refractivity contribution in [3.63, 3.8) is 0 Å². The van der Waals surface area contributed by atoms with Gasteiger partial charge in [0, 0.05) is 12.0 Å². The molecule has 0 aliphatic heterocycles. The molecule has 0 amide bonds. The standard InChI is InChI=1S/C22H21N5O4S.C17H18N4O2.CH2O3.CH4.2Cs.H/c1-13-10-11-17(31-13)21-23-19-16(20-25-24-14(2)26(20)21)12-18(22(3,4)28)27(19)32(29,30)15-8-6-5-7-9-15;1-9-5-6-14(23-9)16-19-13-8-11(17(3,4)22)7-12(13)15-18-10(2)20-21(15)16;2-1-4-3;;;;/h5-12,28H,1-4H3;5-7,22H,8H2,1-4H3;1,3H;1H4;;;/q;;;;2*+1;-1/p-1. The van der Waals surface area contributed by atoms with Crippen LogP contribution < -0.4 is 143 Å². The summed E-state index contributed by atoms with van der Waals surface area (Å²) in [5.41, 5.74) is 1.86. The van der Waals surface area contributed by atoms with Gasteiger partial charge in [0.15, 0.2) is 40.1 Å². The molecule has 1 aliphatic rings. The Morgan fingerprint density at radius 1 is 0.823 bits per heavy atom. The van der Waals surface area contributed by atoms with E-state index >= 15 is 0 Å². The molecule has 0 fully saturated rings. The Hall–Kier alpha value is -2.44. The molecule has 0 atom stereocenters. The second kappa shape index (κ2) is 20.4. The number of rotatable bonds is 7. The molecule has 0 bridgehead atoms. The summed E-state index contributed by atoms with van der Waals surface area (Å²) in [6.07, 6.45) is 2.58. The molecule has 316 valence electrons. The molecule has 0 spiro atoms. The van der Waals surface area contributed by atoms with Crippen molar-refractivity contribution in [1.29, 1.82) is 0 Å². The smallest absolute Gasteiger partial charge is 1.00 e. The number of furan rings is 2. The van der Waals surface area contributed by atoms with E-state index in [0.29, 0.717) is 58.0 Å². The largest absolute Gasteiger partial charge is 1.00 e. The van der Waals surface area contributed by atoms with Crippen molar-refractivity contribution in [3.05, 3.63) is 106 Å². The molecule has 7 heterocycles. The Morgan fingerprint density at radius 3 is 1.95 bits per heavy atom. The molecule has 21 heteroatoms. The number of nitrogens with zero attached hydrogens (tertiary/aromatic N) is 9. The van der Waals surface area contributed by atoms with Gasteiger partial charge in [-0.2, -0.15) is 4.52 Å². The molecule has 1 aliphatic carbocycles. The first-order valence-electron chi connectivity index (χ1n) is 18.2. The zero-order chi connectivity index (χ0) is 42.6. The average Bonchev–Trinajstić information content (AvgIpc) is 4.03. The summed E-state index contributed by atoms with van der Waals surface area (Å²) < 4.78 is 43.5. The van der Waals surface area contributed by atoms with Gasteiger partial charge < -0.3 is 30.6 Å². The number of hydrogen-bond acceptors (Lipinski definition) is 15. The minimum atomic E-state index is -4.09. The molecular weight excluding hydrogens is 1060 g/mol. The summed E-state index contributed by atoms with van der Waals surface area (Å²) in [6, 6.07) is 17.0. The fourth-order valence-electron chi connectivity index (χ4n) is 6.68. The predicted octanol–water partition coefficient (Wildman–Crippen LogP) is -0.677. The van der Waals surface area contributed by atoms with Gasteiger partial charge in [-0.05, 0) is 110 Å². The van der Waals surface area contributed by atoms with E-state index in [0.717, 1.165) is 32.2 Å². The van der Waals surface area contributed by atoms with Crippen LogP contribution in [-0.4, -0.2) is 73.8 Å². The van der Waals surface area contributed by atoms with Gasteiger partial charge >= 0.3 is 138 Å². The van der Waals surface area contributed by atoms with E-state index in [4.69, 9.17) is 28.9 Å². The number of carbonyl (C=O) groups is 1. The number of hydrogen-bond donors (Lipinski definition) is 2. The third-order valence-electron chi connectivity index (χ3n) is 9.46. The summed E-state index contributed by atoms with van der Waals surface area (Å²) >= 11 is 0. The topological polar surface area (TPSA) is 241 Å². The SMILES string of the molecule is C.Cc1ccc(-c2nc3c(cc(C(C)(C)O)n3S(=O)(=O)c3ccccc3)c3nnc(C)n23)o1.Cc1nc2c3c(nc(-c4ccc(C)o4)n2n1)CC(C(C)(C)O)=C3.O=CO[O-].[Cs+].[Cs+].[H-]. The van der Waals surface area contributed by atoms with Gasteiger partial charge in [-0.3, -0.25) is 9.20 Å². The number of carbonyl (C=O) groups excluding carboxylic acids is 1. The first-order chi connectivity index (χ1) is 27.8. The molecule has 0 radical (unpaired) electrons. The fraction of sp³-hybridized carbons (Fsp3) is 0.293. The second-order valence-electron chi connectivity index (χ2n) is 14.9. The van der Waals surface area contributed by atoms with Crippen molar-refractivity contribution in [1.82, 2.24) is 43.1 Å². The van der Waals surface area contributed by atoms with Gasteiger partial charge in [-0.15, -0.1) is 15.3 Å². The van der Waals surface area contributed by atoms with Crippen LogP contribution in [0.15, 0.2) is 80.0 Å². The predicted molar refractivity (Wildman–Crippen MR) is 219 cm³/mol. The first kappa shape index (κ1) is 52.2. The van der Waals surface area contributed by atoms with E-state index in [-0.39, 0.29) is 169 Å². The molecule has 0 unspecified atom stereocenters. The number of aliphatic hydroxyl groups is 2. The molecule has 18 nitrogen and oxygen atoms in total. The third kappa shape index (κ3) is 10.3. The summed E-state index contributed by atoms with van der Waals surface area (Å²) in [5.74, 6) is 4.87. The molecule has 0 saturated carbocycles. The van der Waals surface area contributed by atoms with Crippen LogP contribution in [0.2, 0.25) is 0 Å². The van der Waals surface area contributed by atoms with Gasteiger partial charge in [0.05, 0.1) is 27.3 Å². The number of aromatic nitrogens is 9. The van der Waals surface area contributed by atoms with Gasteiger partial charge in [-0.1, -0.05) is 25.6 Å². The number of benzene rings is 1. The minimum Gasteiger partial charge on any atom is -1.00 e. The van der Waals surface area contributed by atoms with Crippen molar-refractivity contribution in [2.45, 2.75) is 85.3 Å². The molecule has 62 heavy (non-hydrogen) atoms. The van der Waals surface area contributed by atoms with Crippen LogP contribution in [0, 0.1) is 27.7 Å². The van der Waals surface area contributed by atoms with Gasteiger partial charge in [0.25, 0.3) is 16.5 Å². The van der Waals surface area contributed by atoms with E-state index in [9.17, 15) is 18.6 Å². The molecule has 2 N–H and O–H groups in total. The Balaban J connectivity index is 0.000000303. The Labute approximate surface area is 476 Å². The van der Waals surface area contributed by atoms with Crippen molar-refractivity contribution in [2.24, 2.45) is 0 Å². The molecule has 9 rings (SSSR count). The zero-order valence-electron chi connectivity index (χ0n) is 36.3. The summed E-state index contributed by atoms with van der Waals surface area (Å²) in [5, 5.41) is 43.0. The van der Waals surface area contributed by atoms with Crippen LogP contribution >= 0.6 is 0 Å². The molecule has 1 aromatic carbocycles. The van der Waals surface area contributed by atoms with Crippen molar-refractivity contribution < 1.29 is 182 Å². The van der Waals surface area contributed by atoms with Gasteiger partial charge in [0.1, 0.15) is 28.8 Å². The third-order valence-corrected chi connectivity index (χ3v) is 11.2. The molecule has 8 aromatic rings. The van der Waals surface area contributed by atoms with E-state index in [2.05, 4.69) is 25.2 Å². The maximum atomic E-state index is 13.7. The average molecular weight is 1110 g/mol. The first-order valence-corrected chi connectivity index (χ1v) is 19.6. The van der Waals surface area contributed by atoms with Crippen molar-refractivity contribution in [3.8, 4) is 23.2 Å². The van der Waals surface area contributed by atoms with E-state index < -0.39 is 21.2 Å². The fourth-order valence-corrected chi connectivity index (χ4v) is 8.29. The summed E-state index contributed by atoms with van der Waals surface area (Å²) in [4.78, 5) is 25.3. The molecule has 7 aromatic heterocycles. The number of fused-ring (bicyclic) bond motifs is 6. The quantitative estimate of drug-likeness (QED) is 0.114. The summed E-state index contributed by atoms with van der Waals surface area (Å²) in [6.45, 7) is 13.8. The normalized spacial score (nSPS) is 12.3. The van der Waals surface area contributed by atoms with Crippen LogP contribution in [0.5, 0.6) is 0 Å². The number of aryl methyl sites for hydroxylation is 4. The van der Waals surface area contributed by atoms with Crippen LogP contribution in [0.3, 0.4) is 0 Å². The Kier molecular flexibility index (Phi) is 17.2. The van der Waals surface area contributed by atoms with E-state index in [1.165, 1.54) is 26.0 Å². The van der Waals surface area contributed by atoms with Crippen molar-refractivity contribution in [2.75, 3.05) is 0 Å². The molecular formula is C41H45Cs2N9O9S. The maximum Gasteiger partial charge on any atom is 1.00 e. The Bertz CT molecular complexity index is 3030. The van der Waals surface area contributed by atoms with Crippen LogP contribution in [-0.2, 0) is 31.7 Å². The van der Waals surface area contributed by atoms with Crippen LogP contribution in [0.1, 0.15) is 76.7 Å². The monoisotopic (exact) mass is 1110 g/mol. The summed E-state index contributed by atoms with van der Waals surface area (Å²) in [7, 11) is -4.09. The maximum absolute atomic E-state index is 13.7. The van der Waals surface area contributed by atoms with Gasteiger partial charge in [-0.25, -0.2) is 27.3 Å². The second-order valence-corrected chi connectivity index (χ2v) is 16.6. The van der Waals surface area contributed by atoms with E-state index in [1.54, 1.807) is 66.1 Å².